The van der Waals surface area contributed by atoms with Crippen molar-refractivity contribution in [3.8, 4) is 0 Å². The molecule has 0 aliphatic carbocycles. The van der Waals surface area contributed by atoms with Crippen molar-refractivity contribution >= 4 is 23.6 Å². The molecule has 1 aromatic carbocycles. The molecule has 4 nitrogen and oxygen atoms in total. The van der Waals surface area contributed by atoms with Crippen LogP contribution >= 0.6 is 11.6 Å². The molecule has 0 unspecified atom stereocenters. The number of carboxylic acids is 1. The molecule has 19 heavy (non-hydrogen) atoms. The van der Waals surface area contributed by atoms with E-state index in [0.29, 0.717) is 17.1 Å². The number of aromatic nitrogens is 2. The van der Waals surface area contributed by atoms with Gasteiger partial charge >= 0.3 is 5.97 Å². The summed E-state index contributed by atoms with van der Waals surface area (Å²) in [5.41, 5.74) is 1.24. The standard InChI is InChI=1S/C13H10ClFN2O2/c14-11-6-16-17(8-11)7-10-1-3-12(15)5-9(10)2-4-13(18)19/h1-6,8H,7H2,(H,18,19). The van der Waals surface area contributed by atoms with E-state index in [1.165, 1.54) is 24.4 Å². The van der Waals surface area contributed by atoms with Crippen molar-refractivity contribution < 1.29 is 14.3 Å². The van der Waals surface area contributed by atoms with Crippen molar-refractivity contribution in [2.45, 2.75) is 6.54 Å². The second-order valence-corrected chi connectivity index (χ2v) is 4.31. The summed E-state index contributed by atoms with van der Waals surface area (Å²) in [4.78, 5) is 10.5. The minimum atomic E-state index is -1.09. The van der Waals surface area contributed by atoms with E-state index in [1.807, 2.05) is 0 Å². The van der Waals surface area contributed by atoms with E-state index in [1.54, 1.807) is 16.9 Å². The molecule has 0 bridgehead atoms. The molecule has 0 amide bonds. The highest BCUT2D eigenvalue weighted by Crippen LogP contribution is 2.15. The fraction of sp³-hybridized carbons (Fsp3) is 0.0769. The summed E-state index contributed by atoms with van der Waals surface area (Å²) in [5, 5.41) is 13.1. The van der Waals surface area contributed by atoms with E-state index in [4.69, 9.17) is 16.7 Å². The maximum Gasteiger partial charge on any atom is 0.328 e. The van der Waals surface area contributed by atoms with Crippen LogP contribution in [0.4, 0.5) is 4.39 Å². The van der Waals surface area contributed by atoms with Gasteiger partial charge in [0.25, 0.3) is 0 Å². The number of hydrogen-bond donors (Lipinski definition) is 1. The first-order chi connectivity index (χ1) is 9.04. The average molecular weight is 281 g/mol. The number of carbonyl (C=O) groups is 1. The molecule has 0 spiro atoms. The first-order valence-electron chi connectivity index (χ1n) is 5.42. The first-order valence-corrected chi connectivity index (χ1v) is 5.80. The van der Waals surface area contributed by atoms with Gasteiger partial charge in [-0.2, -0.15) is 5.10 Å². The molecule has 6 heteroatoms. The van der Waals surface area contributed by atoms with Crippen LogP contribution in [0.1, 0.15) is 11.1 Å². The number of aliphatic carboxylic acids is 1. The Kier molecular flexibility index (Phi) is 3.97. The molecule has 0 saturated heterocycles. The van der Waals surface area contributed by atoms with Gasteiger partial charge in [-0.15, -0.1) is 0 Å². The average Bonchev–Trinajstić information content (AvgIpc) is 2.75. The molecular formula is C13H10ClFN2O2. The normalized spacial score (nSPS) is 11.1. The third kappa shape index (κ3) is 3.66. The number of nitrogens with zero attached hydrogens (tertiary/aromatic N) is 2. The minimum absolute atomic E-state index is 0.381. The molecular weight excluding hydrogens is 271 g/mol. The van der Waals surface area contributed by atoms with Crippen LogP contribution in [0.3, 0.4) is 0 Å². The number of rotatable bonds is 4. The van der Waals surface area contributed by atoms with Crippen LogP contribution < -0.4 is 0 Å². The van der Waals surface area contributed by atoms with Crippen molar-refractivity contribution in [2.24, 2.45) is 0 Å². The molecule has 0 radical (unpaired) electrons. The SMILES string of the molecule is O=C(O)C=Cc1cc(F)ccc1Cn1cc(Cl)cn1. The van der Waals surface area contributed by atoms with E-state index in [9.17, 15) is 9.18 Å². The Hall–Kier alpha value is -2.14. The zero-order valence-corrected chi connectivity index (χ0v) is 10.5. The molecule has 98 valence electrons. The second kappa shape index (κ2) is 5.67. The predicted molar refractivity (Wildman–Crippen MR) is 69.4 cm³/mol. The number of benzene rings is 1. The van der Waals surface area contributed by atoms with Crippen molar-refractivity contribution in [3.05, 3.63) is 58.6 Å². The Morgan fingerprint density at radius 1 is 1.53 bits per heavy atom. The van der Waals surface area contributed by atoms with Gasteiger partial charge in [0.05, 0.1) is 17.8 Å². The second-order valence-electron chi connectivity index (χ2n) is 3.87. The zero-order chi connectivity index (χ0) is 13.8. The fourth-order valence-electron chi connectivity index (χ4n) is 1.63. The summed E-state index contributed by atoms with van der Waals surface area (Å²) >= 11 is 5.76. The topological polar surface area (TPSA) is 55.1 Å². The maximum atomic E-state index is 13.2. The van der Waals surface area contributed by atoms with Crippen LogP contribution in [0.5, 0.6) is 0 Å². The lowest BCUT2D eigenvalue weighted by Gasteiger charge is -2.06. The van der Waals surface area contributed by atoms with E-state index >= 15 is 0 Å². The molecule has 1 N–H and O–H groups in total. The molecule has 2 aromatic rings. The van der Waals surface area contributed by atoms with Gasteiger partial charge in [-0.1, -0.05) is 17.7 Å². The first kappa shape index (κ1) is 13.3. The van der Waals surface area contributed by atoms with Crippen molar-refractivity contribution in [2.75, 3.05) is 0 Å². The van der Waals surface area contributed by atoms with E-state index < -0.39 is 11.8 Å². The summed E-state index contributed by atoms with van der Waals surface area (Å²) in [6.07, 6.45) is 5.45. The third-order valence-electron chi connectivity index (χ3n) is 2.45. The molecule has 0 aliphatic rings. The van der Waals surface area contributed by atoms with Crippen LogP contribution in [0.25, 0.3) is 6.08 Å². The molecule has 1 aromatic heterocycles. The van der Waals surface area contributed by atoms with Crippen LogP contribution in [0.2, 0.25) is 5.02 Å². The fourth-order valence-corrected chi connectivity index (χ4v) is 1.78. The van der Waals surface area contributed by atoms with Crippen molar-refractivity contribution in [3.63, 3.8) is 0 Å². The quantitative estimate of drug-likeness (QED) is 0.876. The van der Waals surface area contributed by atoms with Crippen LogP contribution in [0.15, 0.2) is 36.7 Å². The summed E-state index contributed by atoms with van der Waals surface area (Å²) in [6, 6.07) is 4.19. The maximum absolute atomic E-state index is 13.2. The van der Waals surface area contributed by atoms with Gasteiger partial charge in [0.2, 0.25) is 0 Å². The highest BCUT2D eigenvalue weighted by atomic mass is 35.5. The zero-order valence-electron chi connectivity index (χ0n) is 9.75. The summed E-state index contributed by atoms with van der Waals surface area (Å²) in [7, 11) is 0. The Labute approximate surface area is 113 Å². The molecule has 0 fully saturated rings. The summed E-state index contributed by atoms with van der Waals surface area (Å²) < 4.78 is 14.8. The Bertz CT molecular complexity index is 637. The van der Waals surface area contributed by atoms with Crippen LogP contribution in [-0.2, 0) is 11.3 Å². The monoisotopic (exact) mass is 280 g/mol. The van der Waals surface area contributed by atoms with Gasteiger partial charge in [0, 0.05) is 12.3 Å². The van der Waals surface area contributed by atoms with Crippen molar-refractivity contribution in [1.29, 1.82) is 0 Å². The highest BCUT2D eigenvalue weighted by molar-refractivity contribution is 6.30. The summed E-state index contributed by atoms with van der Waals surface area (Å²) in [6.45, 7) is 0.381. The van der Waals surface area contributed by atoms with Gasteiger partial charge in [0.1, 0.15) is 5.82 Å². The van der Waals surface area contributed by atoms with E-state index in [0.717, 1.165) is 11.6 Å². The Morgan fingerprint density at radius 3 is 2.95 bits per heavy atom. The van der Waals surface area contributed by atoms with Crippen LogP contribution in [-0.4, -0.2) is 20.9 Å². The molecule has 0 atom stereocenters. The lowest BCUT2D eigenvalue weighted by molar-refractivity contribution is -0.131. The highest BCUT2D eigenvalue weighted by Gasteiger charge is 2.04. The lowest BCUT2D eigenvalue weighted by atomic mass is 10.1. The molecule has 0 aliphatic heterocycles. The minimum Gasteiger partial charge on any atom is -0.478 e. The smallest absolute Gasteiger partial charge is 0.328 e. The predicted octanol–water partition coefficient (Wildman–Crippen LogP) is 2.82. The van der Waals surface area contributed by atoms with Gasteiger partial charge in [-0.05, 0) is 29.3 Å². The van der Waals surface area contributed by atoms with E-state index in [2.05, 4.69) is 5.10 Å². The van der Waals surface area contributed by atoms with Gasteiger partial charge in [0.15, 0.2) is 0 Å². The number of hydrogen-bond acceptors (Lipinski definition) is 2. The van der Waals surface area contributed by atoms with E-state index in [-0.39, 0.29) is 0 Å². The summed E-state index contributed by atoms with van der Waals surface area (Å²) in [5.74, 6) is -1.51. The third-order valence-corrected chi connectivity index (χ3v) is 2.64. The largest absolute Gasteiger partial charge is 0.478 e. The van der Waals surface area contributed by atoms with Gasteiger partial charge < -0.3 is 5.11 Å². The van der Waals surface area contributed by atoms with Crippen molar-refractivity contribution in [1.82, 2.24) is 9.78 Å². The molecule has 0 saturated carbocycles. The van der Waals surface area contributed by atoms with Crippen LogP contribution in [0, 0.1) is 5.82 Å². The molecule has 1 heterocycles. The van der Waals surface area contributed by atoms with Gasteiger partial charge in [-0.3, -0.25) is 4.68 Å². The lowest BCUT2D eigenvalue weighted by Crippen LogP contribution is -2.02. The number of halogens is 2. The number of carboxylic acid groups (broad SMARTS) is 1. The molecule has 2 rings (SSSR count). The van der Waals surface area contributed by atoms with Gasteiger partial charge in [-0.25, -0.2) is 9.18 Å². The Balaban J connectivity index is 2.31. The Morgan fingerprint density at radius 2 is 2.32 bits per heavy atom.